The highest BCUT2D eigenvalue weighted by molar-refractivity contribution is 7.92. The molecule has 0 unspecified atom stereocenters. The highest BCUT2D eigenvalue weighted by atomic mass is 32.2. The van der Waals surface area contributed by atoms with Crippen LogP contribution in [-0.2, 0) is 37.4 Å². The van der Waals surface area contributed by atoms with Gasteiger partial charge >= 0.3 is 0 Å². The van der Waals surface area contributed by atoms with Gasteiger partial charge in [-0.15, -0.1) is 0 Å². The number of carbonyl (C=O) groups excluding carboxylic acids is 1. The molecule has 2 aromatic heterocycles. The lowest BCUT2D eigenvalue weighted by Gasteiger charge is -2.22. The molecule has 16 heteroatoms. The molecule has 4 N–H and O–H groups in total. The summed E-state index contributed by atoms with van der Waals surface area (Å²) in [5.74, 6) is -0.349. The fraction of sp³-hybridized carbons (Fsp3) is 0.298. The Hall–Kier alpha value is -6.25. The van der Waals surface area contributed by atoms with E-state index in [1.54, 1.807) is 81.4 Å². The van der Waals surface area contributed by atoms with Gasteiger partial charge in [-0.3, -0.25) is 4.79 Å². The Balaban J connectivity index is 0.904. The molecule has 1 atom stereocenters. The van der Waals surface area contributed by atoms with Crippen molar-refractivity contribution in [2.24, 2.45) is 0 Å². The van der Waals surface area contributed by atoms with Crippen LogP contribution in [0.4, 0.5) is 11.5 Å². The summed E-state index contributed by atoms with van der Waals surface area (Å²) < 4.78 is 62.8. The highest BCUT2D eigenvalue weighted by Crippen LogP contribution is 2.31. The fourth-order valence-corrected chi connectivity index (χ4v) is 9.36. The maximum atomic E-state index is 13.1. The molecular weight excluding hydrogens is 841 g/mol. The van der Waals surface area contributed by atoms with Crippen LogP contribution in [0.25, 0.3) is 38.8 Å². The highest BCUT2D eigenvalue weighted by Gasteiger charge is 2.36. The number of hydrogen-bond acceptors (Lipinski definition) is 13. The Kier molecular flexibility index (Phi) is 14.6. The van der Waals surface area contributed by atoms with E-state index in [0.29, 0.717) is 64.1 Å². The smallest absolute Gasteiger partial charge is 0.190 e. The number of nitrogens with one attached hydrogen (secondary N) is 1. The number of sulfone groups is 2. The largest absolute Gasteiger partial charge is 0.494 e. The van der Waals surface area contributed by atoms with Crippen molar-refractivity contribution in [3.63, 3.8) is 0 Å². The molecule has 0 spiro atoms. The Bertz CT molecular complexity index is 2820. The Morgan fingerprint density at radius 1 is 0.889 bits per heavy atom. The molecule has 0 bridgehead atoms. The van der Waals surface area contributed by atoms with E-state index < -0.39 is 42.1 Å². The lowest BCUT2D eigenvalue weighted by atomic mass is 9.96. The molecule has 6 rings (SSSR count). The zero-order chi connectivity index (χ0) is 45.4. The number of ketones is 1. The third-order valence-corrected chi connectivity index (χ3v) is 14.6. The van der Waals surface area contributed by atoms with Gasteiger partial charge in [0.2, 0.25) is 0 Å². The molecule has 0 fully saturated rings. The van der Waals surface area contributed by atoms with Crippen LogP contribution in [0.2, 0.25) is 0 Å². The molecule has 2 heterocycles. The summed E-state index contributed by atoms with van der Waals surface area (Å²) in [6.07, 6.45) is 4.03. The lowest BCUT2D eigenvalue weighted by molar-refractivity contribution is -0.133. The average molecular weight is 891 g/mol. The molecule has 0 amide bonds. The fourth-order valence-electron chi connectivity index (χ4n) is 6.68. The van der Waals surface area contributed by atoms with Gasteiger partial charge in [-0.2, -0.15) is 0 Å². The monoisotopic (exact) mass is 890 g/mol. The molecule has 0 aliphatic carbocycles. The van der Waals surface area contributed by atoms with Crippen LogP contribution < -0.4 is 15.8 Å². The molecule has 328 valence electrons. The quantitative estimate of drug-likeness (QED) is 0.0495. The van der Waals surface area contributed by atoms with Crippen LogP contribution in [0.1, 0.15) is 56.7 Å². The Morgan fingerprint density at radius 2 is 1.54 bits per heavy atom. The van der Waals surface area contributed by atoms with Crippen molar-refractivity contribution in [3.05, 3.63) is 131 Å². The number of rotatable bonds is 20. The number of unbranched alkanes of at least 4 members (excludes halogenated alkanes) is 2. The van der Waals surface area contributed by atoms with Gasteiger partial charge in [0.25, 0.3) is 0 Å². The van der Waals surface area contributed by atoms with Crippen LogP contribution in [0.5, 0.6) is 5.75 Å². The van der Waals surface area contributed by atoms with E-state index in [2.05, 4.69) is 25.3 Å². The van der Waals surface area contributed by atoms with E-state index in [1.165, 1.54) is 25.3 Å². The molecule has 0 aliphatic heterocycles. The number of ether oxygens (including phenoxy) is 1. The van der Waals surface area contributed by atoms with Crippen molar-refractivity contribution >= 4 is 37.0 Å². The van der Waals surface area contributed by atoms with Gasteiger partial charge in [-0.25, -0.2) is 31.6 Å². The van der Waals surface area contributed by atoms with Crippen molar-refractivity contribution in [3.8, 4) is 39.7 Å². The molecule has 4 aromatic carbocycles. The second kappa shape index (κ2) is 19.9. The summed E-state index contributed by atoms with van der Waals surface area (Å²) in [5, 5.41) is 18.0. The van der Waals surface area contributed by atoms with Gasteiger partial charge in [-0.05, 0) is 107 Å². The van der Waals surface area contributed by atoms with Crippen molar-refractivity contribution < 1.29 is 36.0 Å². The number of nitrogen functional groups attached to an aromatic ring is 1. The number of aromatic nitrogens is 3. The van der Waals surface area contributed by atoms with Gasteiger partial charge < -0.3 is 25.4 Å². The van der Waals surface area contributed by atoms with Gasteiger partial charge in [0, 0.05) is 30.2 Å². The third kappa shape index (κ3) is 11.6. The summed E-state index contributed by atoms with van der Waals surface area (Å²) >= 11 is 0. The van der Waals surface area contributed by atoms with E-state index in [-0.39, 0.29) is 22.0 Å². The van der Waals surface area contributed by atoms with Gasteiger partial charge in [0.15, 0.2) is 48.4 Å². The molecule has 14 nitrogen and oxygen atoms in total. The number of aryl methyl sites for hydroxylation is 1. The average Bonchev–Trinajstić information content (AvgIpc) is 3.75. The number of nitrogens with zero attached hydrogens (tertiary/aromatic N) is 4. The first-order chi connectivity index (χ1) is 30.0. The number of hydrogen-bond donors (Lipinski definition) is 3. The van der Waals surface area contributed by atoms with Gasteiger partial charge in [0.1, 0.15) is 17.0 Å². The van der Waals surface area contributed by atoms with Crippen LogP contribution in [0, 0.1) is 13.5 Å². The summed E-state index contributed by atoms with van der Waals surface area (Å²) in [6.45, 7) is 15.4. The molecular formula is C47H50N6O8S2. The number of anilines is 1. The van der Waals surface area contributed by atoms with Crippen molar-refractivity contribution in [1.82, 2.24) is 20.4 Å². The Labute approximate surface area is 368 Å². The minimum Gasteiger partial charge on any atom is -0.494 e. The maximum Gasteiger partial charge on any atom is 0.190 e. The summed E-state index contributed by atoms with van der Waals surface area (Å²) in [5.41, 5.74) is 9.89. The van der Waals surface area contributed by atoms with Gasteiger partial charge in [-0.1, -0.05) is 59.8 Å². The molecule has 0 saturated heterocycles. The number of aliphatic hydroxyl groups is 1. The Morgan fingerprint density at radius 3 is 2.21 bits per heavy atom. The van der Waals surface area contributed by atoms with E-state index in [1.807, 2.05) is 24.3 Å². The molecule has 0 radical (unpaired) electrons. The molecule has 6 aromatic rings. The first-order valence-electron chi connectivity index (χ1n) is 20.4. The first-order valence-corrected chi connectivity index (χ1v) is 23.6. The number of benzene rings is 4. The summed E-state index contributed by atoms with van der Waals surface area (Å²) in [4.78, 5) is 25.5. The van der Waals surface area contributed by atoms with E-state index >= 15 is 0 Å². The van der Waals surface area contributed by atoms with E-state index in [4.69, 9.17) is 21.6 Å². The number of Topliss-reactive ketones (excluding diaryl/α,β-unsaturated/α-hetero) is 1. The second-order valence-electron chi connectivity index (χ2n) is 15.8. The topological polar surface area (TPSA) is 209 Å². The second-order valence-corrected chi connectivity index (χ2v) is 20.3. The zero-order valence-electron chi connectivity index (χ0n) is 35.5. The summed E-state index contributed by atoms with van der Waals surface area (Å²) in [7, 11) is -7.39. The zero-order valence-corrected chi connectivity index (χ0v) is 37.2. The third-order valence-electron chi connectivity index (χ3n) is 10.5. The standard InChI is InChI=1S/C47H50N6O8S2/c1-31(2)63(58,59)39-18-14-36(15-19-39)42-29-51-46(48)45(52-42)43-27-41(53-61-43)35-12-9-33(10-13-35)28-50-23-7-6-8-24-60-37-16-20-38(21-17-37)62(56,57)30-47(4,55)44(54)26-34-11-22-40(49-5)32(3)25-34/h9-22,25,27,29,31,50,55H,6-8,23-24,26,28,30H2,1-4H3,(H2,48,51)/t47-/m0/s1. The van der Waals surface area contributed by atoms with Crippen LogP contribution in [0.15, 0.2) is 118 Å². The van der Waals surface area contributed by atoms with Crippen molar-refractivity contribution in [2.75, 3.05) is 24.6 Å². The normalized spacial score (nSPS) is 12.8. The van der Waals surface area contributed by atoms with Crippen LogP contribution >= 0.6 is 0 Å². The predicted octanol–water partition coefficient (Wildman–Crippen LogP) is 7.76. The SMILES string of the molecule is [C-]#[N+]c1ccc(CC(=O)[C@@](C)(O)CS(=O)(=O)c2ccc(OCCCCCNCc3ccc(-c4cc(-c5nc(-c6ccc(S(=O)(=O)C(C)C)cc6)cnc5N)on4)cc3)cc2)cc1C. The number of nitrogens with two attached hydrogens (primary N) is 1. The predicted molar refractivity (Wildman–Crippen MR) is 241 cm³/mol. The van der Waals surface area contributed by atoms with Crippen molar-refractivity contribution in [2.45, 2.75) is 80.6 Å². The molecule has 0 aliphatic rings. The minimum absolute atomic E-state index is 0.0171. The first kappa shape index (κ1) is 46.3. The molecule has 0 saturated carbocycles. The van der Waals surface area contributed by atoms with E-state index in [0.717, 1.165) is 36.9 Å². The lowest BCUT2D eigenvalue weighted by Crippen LogP contribution is -2.43. The number of carbonyl (C=O) groups is 1. The van der Waals surface area contributed by atoms with E-state index in [9.17, 15) is 26.7 Å². The summed E-state index contributed by atoms with van der Waals surface area (Å²) in [6, 6.07) is 27.1. The minimum atomic E-state index is -3.99. The molecule has 63 heavy (non-hydrogen) atoms. The van der Waals surface area contributed by atoms with Gasteiger partial charge in [0.05, 0.1) is 45.9 Å². The van der Waals surface area contributed by atoms with Crippen LogP contribution in [0.3, 0.4) is 0 Å². The van der Waals surface area contributed by atoms with Crippen molar-refractivity contribution in [1.29, 1.82) is 0 Å². The van der Waals surface area contributed by atoms with Crippen LogP contribution in [-0.4, -0.2) is 72.6 Å². The maximum absolute atomic E-state index is 13.1.